The molecular weight excluding hydrogens is 258 g/mol. The minimum absolute atomic E-state index is 0.100. The van der Waals surface area contributed by atoms with Crippen LogP contribution in [0.3, 0.4) is 0 Å². The van der Waals surface area contributed by atoms with E-state index in [1.165, 1.54) is 12.1 Å². The number of aryl methyl sites for hydroxylation is 2. The van der Waals surface area contributed by atoms with Crippen molar-refractivity contribution >= 4 is 12.0 Å². The Bertz CT molecular complexity index is 662. The molecule has 2 rings (SSSR count). The van der Waals surface area contributed by atoms with Crippen LogP contribution < -0.4 is 0 Å². The highest BCUT2D eigenvalue weighted by molar-refractivity contribution is 5.82. The van der Waals surface area contributed by atoms with E-state index in [0.29, 0.717) is 12.0 Å². The van der Waals surface area contributed by atoms with Crippen molar-refractivity contribution < 1.29 is 9.72 Å². The van der Waals surface area contributed by atoms with E-state index in [4.69, 9.17) is 0 Å². The number of non-ortho nitro benzene ring substituents is 1. The van der Waals surface area contributed by atoms with Gasteiger partial charge in [0.05, 0.1) is 16.3 Å². The van der Waals surface area contributed by atoms with Crippen molar-refractivity contribution in [3.05, 3.63) is 51.3 Å². The van der Waals surface area contributed by atoms with Gasteiger partial charge in [-0.1, -0.05) is 13.8 Å². The summed E-state index contributed by atoms with van der Waals surface area (Å²) in [7, 11) is 0. The summed E-state index contributed by atoms with van der Waals surface area (Å²) >= 11 is 0. The molecule has 2 aromatic rings. The Morgan fingerprint density at radius 1 is 1.30 bits per heavy atom. The first-order chi connectivity index (χ1) is 9.60. The van der Waals surface area contributed by atoms with Gasteiger partial charge in [-0.15, -0.1) is 0 Å². The third-order valence-electron chi connectivity index (χ3n) is 3.14. The number of carbonyl (C=O) groups is 1. The van der Waals surface area contributed by atoms with E-state index < -0.39 is 4.92 Å². The lowest BCUT2D eigenvalue weighted by Crippen LogP contribution is -2.05. The Morgan fingerprint density at radius 3 is 2.60 bits per heavy atom. The zero-order chi connectivity index (χ0) is 14.7. The van der Waals surface area contributed by atoms with E-state index in [9.17, 15) is 14.9 Å². The second-order valence-electron chi connectivity index (χ2n) is 4.36. The largest absolute Gasteiger partial charge is 0.298 e. The maximum atomic E-state index is 11.2. The lowest BCUT2D eigenvalue weighted by atomic mass is 10.1. The highest BCUT2D eigenvalue weighted by Gasteiger charge is 2.15. The SMILES string of the molecule is CCc1cc(CC)n(-c2ccc([N+](=O)[O-])cc2C=O)n1. The van der Waals surface area contributed by atoms with Gasteiger partial charge in [0.25, 0.3) is 5.69 Å². The summed E-state index contributed by atoms with van der Waals surface area (Å²) in [4.78, 5) is 21.4. The molecule has 0 amide bonds. The first-order valence-electron chi connectivity index (χ1n) is 6.42. The molecule has 0 N–H and O–H groups in total. The van der Waals surface area contributed by atoms with Gasteiger partial charge in [-0.25, -0.2) is 4.68 Å². The Labute approximate surface area is 116 Å². The highest BCUT2D eigenvalue weighted by Crippen LogP contribution is 2.22. The van der Waals surface area contributed by atoms with Gasteiger partial charge in [-0.05, 0) is 25.0 Å². The van der Waals surface area contributed by atoms with E-state index in [2.05, 4.69) is 5.10 Å². The fraction of sp³-hybridized carbons (Fsp3) is 0.286. The molecule has 0 bridgehead atoms. The lowest BCUT2D eigenvalue weighted by molar-refractivity contribution is -0.384. The number of carbonyl (C=O) groups excluding carboxylic acids is 1. The third kappa shape index (κ3) is 2.45. The lowest BCUT2D eigenvalue weighted by Gasteiger charge is -2.08. The number of aldehydes is 1. The third-order valence-corrected chi connectivity index (χ3v) is 3.14. The van der Waals surface area contributed by atoms with Crippen molar-refractivity contribution in [3.63, 3.8) is 0 Å². The number of nitrogens with zero attached hydrogens (tertiary/aromatic N) is 3. The summed E-state index contributed by atoms with van der Waals surface area (Å²) < 4.78 is 1.69. The molecule has 0 atom stereocenters. The second kappa shape index (κ2) is 5.64. The molecular formula is C14H15N3O3. The van der Waals surface area contributed by atoms with Crippen molar-refractivity contribution in [1.29, 1.82) is 0 Å². The van der Waals surface area contributed by atoms with Crippen LogP contribution in [0.25, 0.3) is 5.69 Å². The minimum Gasteiger partial charge on any atom is -0.298 e. The number of nitro benzene ring substituents is 1. The fourth-order valence-corrected chi connectivity index (χ4v) is 2.05. The van der Waals surface area contributed by atoms with Crippen molar-refractivity contribution in [3.8, 4) is 5.69 Å². The van der Waals surface area contributed by atoms with Crippen molar-refractivity contribution in [1.82, 2.24) is 9.78 Å². The molecule has 6 heteroatoms. The Hall–Kier alpha value is -2.50. The summed E-state index contributed by atoms with van der Waals surface area (Å²) in [6.45, 7) is 4.00. The summed E-state index contributed by atoms with van der Waals surface area (Å²) in [5.41, 5.74) is 2.63. The molecule has 0 aliphatic rings. The molecule has 0 aliphatic heterocycles. The van der Waals surface area contributed by atoms with Gasteiger partial charge in [0.15, 0.2) is 6.29 Å². The molecule has 104 valence electrons. The Morgan fingerprint density at radius 2 is 2.05 bits per heavy atom. The van der Waals surface area contributed by atoms with Gasteiger partial charge < -0.3 is 0 Å². The summed E-state index contributed by atoms with van der Waals surface area (Å²) in [5.74, 6) is 0. The van der Waals surface area contributed by atoms with Crippen LogP contribution in [0.15, 0.2) is 24.3 Å². The molecule has 0 fully saturated rings. The summed E-state index contributed by atoms with van der Waals surface area (Å²) in [6, 6.07) is 6.20. The zero-order valence-electron chi connectivity index (χ0n) is 11.4. The molecule has 1 heterocycles. The Kier molecular flexibility index (Phi) is 3.93. The van der Waals surface area contributed by atoms with Crippen LogP contribution in [0.5, 0.6) is 0 Å². The van der Waals surface area contributed by atoms with E-state index in [-0.39, 0.29) is 11.3 Å². The normalized spacial score (nSPS) is 10.5. The summed E-state index contributed by atoms with van der Waals surface area (Å²) in [6.07, 6.45) is 2.18. The van der Waals surface area contributed by atoms with Gasteiger partial charge in [0.2, 0.25) is 0 Å². The van der Waals surface area contributed by atoms with Crippen LogP contribution in [0.2, 0.25) is 0 Å². The molecule has 0 spiro atoms. The predicted octanol–water partition coefficient (Wildman–Crippen LogP) is 2.72. The van der Waals surface area contributed by atoms with Crippen LogP contribution in [0, 0.1) is 10.1 Å². The molecule has 20 heavy (non-hydrogen) atoms. The topological polar surface area (TPSA) is 78.0 Å². The number of rotatable bonds is 5. The van der Waals surface area contributed by atoms with E-state index in [1.807, 2.05) is 19.9 Å². The van der Waals surface area contributed by atoms with Gasteiger partial charge in [0, 0.05) is 23.4 Å². The Balaban J connectivity index is 2.60. The van der Waals surface area contributed by atoms with E-state index >= 15 is 0 Å². The molecule has 0 saturated heterocycles. The van der Waals surface area contributed by atoms with E-state index in [1.54, 1.807) is 10.7 Å². The maximum absolute atomic E-state index is 11.2. The van der Waals surface area contributed by atoms with Crippen LogP contribution in [-0.4, -0.2) is 21.0 Å². The van der Waals surface area contributed by atoms with Crippen LogP contribution >= 0.6 is 0 Å². The molecule has 0 unspecified atom stereocenters. The smallest absolute Gasteiger partial charge is 0.270 e. The highest BCUT2D eigenvalue weighted by atomic mass is 16.6. The van der Waals surface area contributed by atoms with E-state index in [0.717, 1.165) is 24.2 Å². The minimum atomic E-state index is -0.516. The van der Waals surface area contributed by atoms with Gasteiger partial charge >= 0.3 is 0 Å². The first-order valence-corrected chi connectivity index (χ1v) is 6.42. The summed E-state index contributed by atoms with van der Waals surface area (Å²) in [5, 5.41) is 15.2. The molecule has 0 aliphatic carbocycles. The number of nitro groups is 1. The first kappa shape index (κ1) is 13.9. The van der Waals surface area contributed by atoms with Crippen molar-refractivity contribution in [2.24, 2.45) is 0 Å². The van der Waals surface area contributed by atoms with Crippen LogP contribution in [0.1, 0.15) is 35.6 Å². The number of hydrogen-bond acceptors (Lipinski definition) is 4. The monoisotopic (exact) mass is 273 g/mol. The zero-order valence-corrected chi connectivity index (χ0v) is 11.4. The molecule has 0 saturated carbocycles. The predicted molar refractivity (Wildman–Crippen MR) is 74.4 cm³/mol. The fourth-order valence-electron chi connectivity index (χ4n) is 2.05. The quantitative estimate of drug-likeness (QED) is 0.476. The van der Waals surface area contributed by atoms with Gasteiger partial charge in [-0.3, -0.25) is 14.9 Å². The maximum Gasteiger partial charge on any atom is 0.270 e. The van der Waals surface area contributed by atoms with Crippen molar-refractivity contribution in [2.75, 3.05) is 0 Å². The molecule has 6 nitrogen and oxygen atoms in total. The number of aromatic nitrogens is 2. The molecule has 1 aromatic carbocycles. The second-order valence-corrected chi connectivity index (χ2v) is 4.36. The van der Waals surface area contributed by atoms with Crippen LogP contribution in [0.4, 0.5) is 5.69 Å². The van der Waals surface area contributed by atoms with Gasteiger partial charge in [-0.2, -0.15) is 5.10 Å². The number of hydrogen-bond donors (Lipinski definition) is 0. The standard InChI is InChI=1S/C14H15N3O3/c1-3-11-8-12(4-2)16(15-11)14-6-5-13(17(19)20)7-10(14)9-18/h5-9H,3-4H2,1-2H3. The average molecular weight is 273 g/mol. The molecule has 1 aromatic heterocycles. The number of benzene rings is 1. The van der Waals surface area contributed by atoms with Crippen LogP contribution in [-0.2, 0) is 12.8 Å². The molecule has 0 radical (unpaired) electrons. The average Bonchev–Trinajstić information content (AvgIpc) is 2.89. The van der Waals surface area contributed by atoms with Gasteiger partial charge in [0.1, 0.15) is 0 Å². The van der Waals surface area contributed by atoms with Crippen molar-refractivity contribution in [2.45, 2.75) is 26.7 Å².